The zero-order chi connectivity index (χ0) is 19.8. The fraction of sp³-hybridized carbons (Fsp3) is 0.0400. The molecule has 4 heteroatoms. The summed E-state index contributed by atoms with van der Waals surface area (Å²) in [5, 5.41) is 13.5. The number of benzene rings is 4. The molecule has 0 radical (unpaired) electrons. The van der Waals surface area contributed by atoms with Gasteiger partial charge in [-0.3, -0.25) is 0 Å². The van der Waals surface area contributed by atoms with Crippen molar-refractivity contribution in [3.8, 4) is 11.4 Å². The second-order valence-corrected chi connectivity index (χ2v) is 8.00. The van der Waals surface area contributed by atoms with E-state index in [1.165, 1.54) is 10.8 Å². The Hall–Kier alpha value is -3.37. The van der Waals surface area contributed by atoms with Crippen molar-refractivity contribution in [2.45, 2.75) is 10.6 Å². The molecule has 0 saturated carbocycles. The Morgan fingerprint density at radius 2 is 1.34 bits per heavy atom. The van der Waals surface area contributed by atoms with Crippen molar-refractivity contribution in [3.63, 3.8) is 0 Å². The minimum atomic E-state index is 0.306. The monoisotopic (exact) mass is 396 g/mol. The lowest BCUT2D eigenvalue weighted by molar-refractivity contribution is 0.468. The van der Waals surface area contributed by atoms with Crippen LogP contribution in [0.4, 0.5) is 5.69 Å². The Kier molecular flexibility index (Phi) is 4.41. The Morgan fingerprint density at radius 3 is 2.03 bits per heavy atom. The van der Waals surface area contributed by atoms with Crippen LogP contribution in [0.2, 0.25) is 0 Å². The molecule has 0 aliphatic rings. The van der Waals surface area contributed by atoms with Gasteiger partial charge in [0.25, 0.3) is 0 Å². The van der Waals surface area contributed by atoms with E-state index < -0.39 is 0 Å². The molecule has 5 aromatic rings. The number of hydrogen-bond acceptors (Lipinski definition) is 3. The first-order chi connectivity index (χ1) is 14.2. The van der Waals surface area contributed by atoms with Crippen molar-refractivity contribution < 1.29 is 5.11 Å². The molecule has 3 N–H and O–H groups in total. The summed E-state index contributed by atoms with van der Waals surface area (Å²) in [5.41, 5.74) is 10.7. The summed E-state index contributed by atoms with van der Waals surface area (Å²) in [6.45, 7) is 0. The minimum Gasteiger partial charge on any atom is -0.505 e. The number of phenols is 1. The highest BCUT2D eigenvalue weighted by Crippen LogP contribution is 2.38. The number of aromatic nitrogens is 1. The van der Waals surface area contributed by atoms with Crippen molar-refractivity contribution in [1.82, 2.24) is 4.57 Å². The van der Waals surface area contributed by atoms with Crippen LogP contribution in [-0.4, -0.2) is 9.67 Å². The summed E-state index contributed by atoms with van der Waals surface area (Å²) in [6.07, 6.45) is 0. The molecule has 0 fully saturated rings. The highest BCUT2D eigenvalue weighted by Gasteiger charge is 2.16. The summed E-state index contributed by atoms with van der Waals surface area (Å²) in [5.74, 6) is 0.950. The predicted molar refractivity (Wildman–Crippen MR) is 123 cm³/mol. The van der Waals surface area contributed by atoms with Gasteiger partial charge in [-0.15, -0.1) is 11.8 Å². The smallest absolute Gasteiger partial charge is 0.143 e. The average molecular weight is 397 g/mol. The Morgan fingerprint density at radius 1 is 0.724 bits per heavy atom. The average Bonchev–Trinajstić information content (AvgIpc) is 3.09. The number of rotatable bonds is 4. The van der Waals surface area contributed by atoms with Gasteiger partial charge >= 0.3 is 0 Å². The summed E-state index contributed by atoms with van der Waals surface area (Å²) < 4.78 is 2.14. The number of hydrogen-bond donors (Lipinski definition) is 2. The molecule has 0 aliphatic carbocycles. The van der Waals surface area contributed by atoms with E-state index in [1.54, 1.807) is 11.8 Å². The summed E-state index contributed by atoms with van der Waals surface area (Å²) in [4.78, 5) is 1.02. The first-order valence-electron chi connectivity index (χ1n) is 9.51. The molecular formula is C25H20N2OS. The van der Waals surface area contributed by atoms with E-state index in [-0.39, 0.29) is 0 Å². The molecule has 0 unspecified atom stereocenters. The number of nitrogen functional groups attached to an aromatic ring is 1. The highest BCUT2D eigenvalue weighted by atomic mass is 32.2. The van der Waals surface area contributed by atoms with Gasteiger partial charge in [-0.2, -0.15) is 0 Å². The Balaban J connectivity index is 1.62. The molecule has 3 nitrogen and oxygen atoms in total. The third-order valence-corrected chi connectivity index (χ3v) is 6.36. The number of thioether (sulfide) groups is 1. The normalized spacial score (nSPS) is 11.3. The van der Waals surface area contributed by atoms with Crippen molar-refractivity contribution >= 4 is 39.3 Å². The SMILES string of the molecule is Nc1ccccc1SCc1cccc(-n2c3ccccc3c3ccccc32)c1O. The van der Waals surface area contributed by atoms with E-state index in [9.17, 15) is 5.11 Å². The molecule has 0 spiro atoms. The van der Waals surface area contributed by atoms with Gasteiger partial charge in [0.1, 0.15) is 5.75 Å². The number of anilines is 1. The zero-order valence-electron chi connectivity index (χ0n) is 15.7. The molecule has 1 aromatic heterocycles. The maximum atomic E-state index is 11.2. The number of fused-ring (bicyclic) bond motifs is 3. The van der Waals surface area contributed by atoms with Crippen molar-refractivity contribution in [1.29, 1.82) is 0 Å². The number of nitrogens with zero attached hydrogens (tertiary/aromatic N) is 1. The molecule has 1 heterocycles. The van der Waals surface area contributed by atoms with Crippen molar-refractivity contribution in [2.75, 3.05) is 5.73 Å². The molecule has 5 rings (SSSR count). The van der Waals surface area contributed by atoms with Crippen LogP contribution >= 0.6 is 11.8 Å². The van der Waals surface area contributed by atoms with Gasteiger partial charge in [-0.05, 0) is 30.3 Å². The minimum absolute atomic E-state index is 0.306. The van der Waals surface area contributed by atoms with E-state index in [0.29, 0.717) is 11.5 Å². The van der Waals surface area contributed by atoms with Crippen molar-refractivity contribution in [3.05, 3.63) is 96.6 Å². The van der Waals surface area contributed by atoms with Crippen LogP contribution in [-0.2, 0) is 5.75 Å². The molecular weight excluding hydrogens is 376 g/mol. The standard InChI is InChI=1S/C25H20N2OS/c26-20-11-3-6-15-24(20)29-16-17-8-7-14-23(25(17)28)27-21-12-4-1-9-18(21)19-10-2-5-13-22(19)27/h1-15,28H,16,26H2. The second-order valence-electron chi connectivity index (χ2n) is 6.98. The molecule has 0 amide bonds. The maximum Gasteiger partial charge on any atom is 0.143 e. The number of phenolic OH excluding ortho intramolecular Hbond substituents is 1. The fourth-order valence-electron chi connectivity index (χ4n) is 3.82. The van der Waals surface area contributed by atoms with Crippen LogP contribution in [0.3, 0.4) is 0 Å². The van der Waals surface area contributed by atoms with Gasteiger partial charge < -0.3 is 15.4 Å². The van der Waals surface area contributed by atoms with E-state index in [2.05, 4.69) is 41.0 Å². The quantitative estimate of drug-likeness (QED) is 0.274. The molecule has 0 aliphatic heterocycles. The fourth-order valence-corrected chi connectivity index (χ4v) is 4.78. The molecule has 29 heavy (non-hydrogen) atoms. The summed E-state index contributed by atoms with van der Waals surface area (Å²) in [6, 6.07) is 30.4. The van der Waals surface area contributed by atoms with Gasteiger partial charge in [0.2, 0.25) is 0 Å². The van der Waals surface area contributed by atoms with Gasteiger partial charge in [0.15, 0.2) is 0 Å². The van der Waals surface area contributed by atoms with Gasteiger partial charge in [-0.25, -0.2) is 0 Å². The summed E-state index contributed by atoms with van der Waals surface area (Å²) in [7, 11) is 0. The van der Waals surface area contributed by atoms with E-state index in [4.69, 9.17) is 5.73 Å². The lowest BCUT2D eigenvalue weighted by atomic mass is 10.2. The van der Waals surface area contributed by atoms with Gasteiger partial charge in [0, 0.05) is 32.7 Å². The molecule has 4 aromatic carbocycles. The zero-order valence-corrected chi connectivity index (χ0v) is 16.6. The number of aromatic hydroxyl groups is 1. The largest absolute Gasteiger partial charge is 0.505 e. The molecule has 0 atom stereocenters. The van der Waals surface area contributed by atoms with E-state index in [0.717, 1.165) is 32.9 Å². The van der Waals surface area contributed by atoms with Crippen LogP contribution in [0, 0.1) is 0 Å². The molecule has 0 bridgehead atoms. The Bertz CT molecular complexity index is 1290. The maximum absolute atomic E-state index is 11.2. The molecule has 0 saturated heterocycles. The highest BCUT2D eigenvalue weighted by molar-refractivity contribution is 7.98. The topological polar surface area (TPSA) is 51.2 Å². The van der Waals surface area contributed by atoms with Crippen LogP contribution in [0.5, 0.6) is 5.75 Å². The first-order valence-corrected chi connectivity index (χ1v) is 10.5. The van der Waals surface area contributed by atoms with Crippen LogP contribution < -0.4 is 5.73 Å². The molecule has 142 valence electrons. The Labute approximate surface area is 173 Å². The van der Waals surface area contributed by atoms with Crippen LogP contribution in [0.25, 0.3) is 27.5 Å². The number of nitrogens with two attached hydrogens (primary N) is 1. The number of para-hydroxylation sites is 4. The second kappa shape index (κ2) is 7.22. The van der Waals surface area contributed by atoms with E-state index in [1.807, 2.05) is 54.6 Å². The first kappa shape index (κ1) is 17.7. The van der Waals surface area contributed by atoms with Gasteiger partial charge in [0.05, 0.1) is 16.7 Å². The third-order valence-electron chi connectivity index (χ3n) is 5.22. The lowest BCUT2D eigenvalue weighted by Crippen LogP contribution is -1.96. The van der Waals surface area contributed by atoms with E-state index >= 15 is 0 Å². The van der Waals surface area contributed by atoms with Gasteiger partial charge in [-0.1, -0.05) is 60.7 Å². The lowest BCUT2D eigenvalue weighted by Gasteiger charge is -2.13. The summed E-state index contributed by atoms with van der Waals surface area (Å²) >= 11 is 1.63. The van der Waals surface area contributed by atoms with Crippen LogP contribution in [0.1, 0.15) is 5.56 Å². The predicted octanol–water partition coefficient (Wildman–Crippen LogP) is 6.36. The van der Waals surface area contributed by atoms with Crippen LogP contribution in [0.15, 0.2) is 95.9 Å². The van der Waals surface area contributed by atoms with Crippen molar-refractivity contribution in [2.24, 2.45) is 0 Å². The third kappa shape index (κ3) is 3.02.